The molecule has 1 heterocycles. The average Bonchev–Trinajstić information content (AvgIpc) is 2.85. The highest BCUT2D eigenvalue weighted by atomic mass is 32.2. The summed E-state index contributed by atoms with van der Waals surface area (Å²) in [6.45, 7) is 0. The second-order valence-electron chi connectivity index (χ2n) is 8.63. The van der Waals surface area contributed by atoms with Crippen molar-refractivity contribution < 1.29 is 70.6 Å². The van der Waals surface area contributed by atoms with Crippen molar-refractivity contribution in [3.8, 4) is 23.0 Å². The zero-order chi connectivity index (χ0) is 31.0. The minimum atomic E-state index is -4.95. The number of rotatable bonds is 7. The van der Waals surface area contributed by atoms with Crippen molar-refractivity contribution in [3.63, 3.8) is 0 Å². The van der Waals surface area contributed by atoms with Crippen LogP contribution >= 0.6 is 0 Å². The molecule has 1 aliphatic rings. The van der Waals surface area contributed by atoms with Crippen molar-refractivity contribution >= 4 is 69.3 Å². The monoisotopic (exact) mass is 662 g/mol. The summed E-state index contributed by atoms with van der Waals surface area (Å²) in [7, 11) is -20.4. The van der Waals surface area contributed by atoms with Crippen LogP contribution in [0, 0.1) is 0 Å². The predicted molar refractivity (Wildman–Crippen MR) is 141 cm³/mol. The Morgan fingerprint density at radius 3 is 1.29 bits per heavy atom. The highest BCUT2D eigenvalue weighted by molar-refractivity contribution is 7.86. The van der Waals surface area contributed by atoms with E-state index in [9.17, 15) is 51.9 Å². The molecule has 42 heavy (non-hydrogen) atoms. The lowest BCUT2D eigenvalue weighted by Gasteiger charge is -2.25. The van der Waals surface area contributed by atoms with Crippen molar-refractivity contribution in [1.82, 2.24) is 0 Å². The molecule has 222 valence electrons. The Morgan fingerprint density at radius 1 is 0.548 bits per heavy atom. The van der Waals surface area contributed by atoms with E-state index in [2.05, 4.69) is 0 Å². The summed E-state index contributed by atoms with van der Waals surface area (Å²) in [6.07, 6.45) is 0. The number of hydrogen-bond acceptors (Lipinski definition) is 12. The fraction of sp³-hybridized carbons (Fsp3) is 0.0476. The summed E-state index contributed by atoms with van der Waals surface area (Å²) in [6, 6.07) is 6.87. The van der Waals surface area contributed by atoms with Gasteiger partial charge in [0, 0.05) is 24.3 Å². The summed E-state index contributed by atoms with van der Waals surface area (Å²) in [5.41, 5.74) is 0. The van der Waals surface area contributed by atoms with Gasteiger partial charge in [-0.1, -0.05) is 0 Å². The van der Waals surface area contributed by atoms with Crippen molar-refractivity contribution in [1.29, 1.82) is 0 Å². The largest absolute Gasteiger partial charge is 0.864 e. The van der Waals surface area contributed by atoms with Crippen LogP contribution in [-0.4, -0.2) is 66.3 Å². The van der Waals surface area contributed by atoms with Crippen LogP contribution in [0.1, 0.15) is 0 Å². The molecule has 4 N–H and O–H groups in total. The van der Waals surface area contributed by atoms with Crippen LogP contribution in [0.4, 0.5) is 0 Å². The van der Waals surface area contributed by atoms with Gasteiger partial charge >= 0.3 is 7.32 Å². The minimum absolute atomic E-state index is 0.00145. The molecule has 0 aliphatic carbocycles. The average molecular weight is 662 g/mol. The van der Waals surface area contributed by atoms with Crippen LogP contribution in [0.3, 0.4) is 0 Å². The molecule has 0 atom stereocenters. The highest BCUT2D eigenvalue weighted by Gasteiger charge is 2.38. The topological polar surface area (TPSA) is 254 Å². The Labute approximate surface area is 237 Å². The smallest absolute Gasteiger partial charge is 0.496 e. The first-order valence-electron chi connectivity index (χ1n) is 10.9. The maximum absolute atomic E-state index is 12.0. The molecule has 0 fully saturated rings. The number of benzene rings is 4. The Kier molecular flexibility index (Phi) is 6.86. The Morgan fingerprint density at radius 2 is 0.905 bits per heavy atom. The Balaban J connectivity index is 1.72. The van der Waals surface area contributed by atoms with Gasteiger partial charge in [0.2, 0.25) is 0 Å². The minimum Gasteiger partial charge on any atom is -0.496 e. The summed E-state index contributed by atoms with van der Waals surface area (Å²) in [4.78, 5) is -2.98. The highest BCUT2D eigenvalue weighted by Crippen LogP contribution is 2.43. The zero-order valence-electron chi connectivity index (χ0n) is 20.5. The van der Waals surface area contributed by atoms with Crippen LogP contribution in [0.25, 0.3) is 21.5 Å². The third-order valence-corrected chi connectivity index (χ3v) is 9.25. The lowest BCUT2D eigenvalue weighted by molar-refractivity contribution is 0.300. The summed E-state index contributed by atoms with van der Waals surface area (Å²) in [5, 5.41) is -0.491. The van der Waals surface area contributed by atoms with Crippen LogP contribution in [-0.2, 0) is 40.5 Å². The molecule has 4 aromatic rings. The zero-order valence-corrected chi connectivity index (χ0v) is 23.8. The van der Waals surface area contributed by atoms with Gasteiger partial charge in [0.25, 0.3) is 40.5 Å². The molecular weight excluding hydrogens is 647 g/mol. The molecule has 21 heteroatoms. The van der Waals surface area contributed by atoms with Gasteiger partial charge in [-0.15, -0.1) is 0 Å². The quantitative estimate of drug-likeness (QED) is 0.163. The predicted octanol–water partition coefficient (Wildman–Crippen LogP) is 1.82. The molecule has 4 aromatic carbocycles. The SMILES string of the molecule is COc1cc(S(=O)(=O)O)cc2cc(S(=O)(=O)O)cc(OB3Oc4cc(S(=O)(=O)O)cc5cc(S(=O)(=O)O)cc(c45)O3)c12. The second kappa shape index (κ2) is 9.67. The van der Waals surface area contributed by atoms with E-state index in [-0.39, 0.29) is 38.8 Å². The Bertz CT molecular complexity index is 2180. The normalized spacial score (nSPS) is 14.0. The van der Waals surface area contributed by atoms with Crippen molar-refractivity contribution in [2.45, 2.75) is 19.6 Å². The van der Waals surface area contributed by atoms with E-state index in [0.29, 0.717) is 0 Å². The van der Waals surface area contributed by atoms with Gasteiger partial charge in [0.1, 0.15) is 23.0 Å². The van der Waals surface area contributed by atoms with E-state index in [4.69, 9.17) is 18.7 Å². The molecule has 5 rings (SSSR count). The van der Waals surface area contributed by atoms with E-state index in [1.807, 2.05) is 0 Å². The van der Waals surface area contributed by atoms with E-state index in [1.165, 1.54) is 0 Å². The molecule has 0 spiro atoms. The van der Waals surface area contributed by atoms with Crippen molar-refractivity contribution in [3.05, 3.63) is 48.5 Å². The molecule has 0 saturated carbocycles. The molecule has 0 bridgehead atoms. The van der Waals surface area contributed by atoms with Crippen LogP contribution in [0.15, 0.2) is 68.1 Å². The Hall–Kier alpha value is -3.70. The first kappa shape index (κ1) is 29.8. The number of hydrogen-bond donors (Lipinski definition) is 4. The number of ether oxygens (including phenoxy) is 1. The van der Waals surface area contributed by atoms with Gasteiger partial charge in [0.15, 0.2) is 0 Å². The standard InChI is InChI=1S/C21H15BO16S4/c1-35-16-6-12(39(23,24)25)2-10-3-13(40(26,27)28)7-17(20(10)16)36-22-37-18-8-14(41(29,30)31)4-11-5-15(42(32,33)34)9-19(38-22)21(11)18/h2-9H,1H3,(H,23,24,25)(H,26,27,28)(H,29,30,31)(H,32,33,34). The lowest BCUT2D eigenvalue weighted by atomic mass is 10.0. The molecule has 0 amide bonds. The van der Waals surface area contributed by atoms with Gasteiger partial charge < -0.3 is 18.7 Å². The molecular formula is C21H15BO16S4. The van der Waals surface area contributed by atoms with Crippen LogP contribution in [0.2, 0.25) is 0 Å². The molecule has 0 saturated heterocycles. The van der Waals surface area contributed by atoms with Crippen molar-refractivity contribution in [2.75, 3.05) is 7.11 Å². The van der Waals surface area contributed by atoms with E-state index in [0.717, 1.165) is 55.6 Å². The first-order chi connectivity index (χ1) is 19.3. The van der Waals surface area contributed by atoms with Gasteiger partial charge in [-0.3, -0.25) is 18.2 Å². The molecule has 0 unspecified atom stereocenters. The summed E-state index contributed by atoms with van der Waals surface area (Å²) in [5.74, 6) is -1.37. The lowest BCUT2D eigenvalue weighted by Crippen LogP contribution is -2.39. The van der Waals surface area contributed by atoms with E-state index < -0.39 is 73.1 Å². The molecule has 1 aliphatic heterocycles. The van der Waals surface area contributed by atoms with E-state index in [1.54, 1.807) is 0 Å². The maximum Gasteiger partial charge on any atom is 0.864 e. The van der Waals surface area contributed by atoms with Crippen molar-refractivity contribution in [2.24, 2.45) is 0 Å². The third-order valence-electron chi connectivity index (χ3n) is 5.93. The fourth-order valence-electron chi connectivity index (χ4n) is 4.19. The van der Waals surface area contributed by atoms with E-state index >= 15 is 0 Å². The number of fused-ring (bicyclic) bond motifs is 1. The molecule has 16 nitrogen and oxygen atoms in total. The number of methoxy groups -OCH3 is 1. The molecule has 0 aromatic heterocycles. The second-order valence-corrected chi connectivity index (χ2v) is 14.3. The van der Waals surface area contributed by atoms with Gasteiger partial charge in [-0.05, 0) is 35.0 Å². The first-order valence-corrected chi connectivity index (χ1v) is 16.7. The van der Waals surface area contributed by atoms with Gasteiger partial charge in [0.05, 0.1) is 37.5 Å². The van der Waals surface area contributed by atoms with Gasteiger partial charge in [-0.2, -0.15) is 33.7 Å². The van der Waals surface area contributed by atoms with Crippen LogP contribution < -0.4 is 18.7 Å². The summed E-state index contributed by atoms with van der Waals surface area (Å²) < 4.78 is 155. The fourth-order valence-corrected chi connectivity index (χ4v) is 6.32. The summed E-state index contributed by atoms with van der Waals surface area (Å²) >= 11 is 0. The van der Waals surface area contributed by atoms with Gasteiger partial charge in [-0.25, -0.2) is 0 Å². The van der Waals surface area contributed by atoms with Crippen LogP contribution in [0.5, 0.6) is 23.0 Å². The third kappa shape index (κ3) is 5.55. The molecule has 0 radical (unpaired) electrons. The maximum atomic E-state index is 12.0.